The summed E-state index contributed by atoms with van der Waals surface area (Å²) in [4.78, 5) is 52.8. The summed E-state index contributed by atoms with van der Waals surface area (Å²) in [6.07, 6.45) is 3.59. The van der Waals surface area contributed by atoms with Gasteiger partial charge in [-0.2, -0.15) is 0 Å². The van der Waals surface area contributed by atoms with Crippen LogP contribution in [-0.4, -0.2) is 106 Å². The van der Waals surface area contributed by atoms with Crippen LogP contribution in [0.15, 0.2) is 0 Å². The standard InChI is InChI=1S/C22H36N4O8/c23-19(31)21(5-9-33-10-6-21)25(13-17(27)28)15-3-1-2-4-16(15)26(14-18(29)30)22(20(24)32)7-11-34-12-8-22/h15-16H,1-14H2,(H2,23,31)(H2,24,32)(H,27,28)(H,29,30)/t15-,16-/m1/s1. The van der Waals surface area contributed by atoms with Gasteiger partial charge in [-0.1, -0.05) is 12.8 Å². The van der Waals surface area contributed by atoms with E-state index in [9.17, 15) is 29.4 Å². The van der Waals surface area contributed by atoms with E-state index in [4.69, 9.17) is 20.9 Å². The summed E-state index contributed by atoms with van der Waals surface area (Å²) >= 11 is 0. The third kappa shape index (κ3) is 5.19. The summed E-state index contributed by atoms with van der Waals surface area (Å²) in [5.74, 6) is -3.47. The molecule has 3 fully saturated rings. The molecular weight excluding hydrogens is 448 g/mol. The molecule has 2 amide bonds. The fourth-order valence-corrected chi connectivity index (χ4v) is 6.05. The van der Waals surface area contributed by atoms with Crippen LogP contribution >= 0.6 is 0 Å². The van der Waals surface area contributed by atoms with Crippen LogP contribution in [0.1, 0.15) is 51.4 Å². The quantitative estimate of drug-likeness (QED) is 0.304. The number of aliphatic carboxylic acids is 2. The lowest BCUT2D eigenvalue weighted by Crippen LogP contribution is -2.72. The third-order valence-corrected chi connectivity index (χ3v) is 7.76. The van der Waals surface area contributed by atoms with Gasteiger partial charge in [-0.05, 0) is 38.5 Å². The predicted octanol–water partition coefficient (Wildman–Crippen LogP) is -0.860. The maximum absolute atomic E-state index is 12.8. The van der Waals surface area contributed by atoms with E-state index in [2.05, 4.69) is 0 Å². The highest BCUT2D eigenvalue weighted by Crippen LogP contribution is 2.40. The molecule has 3 rings (SSSR count). The van der Waals surface area contributed by atoms with Crippen LogP contribution in [0.5, 0.6) is 0 Å². The predicted molar refractivity (Wildman–Crippen MR) is 119 cm³/mol. The largest absolute Gasteiger partial charge is 0.480 e. The Morgan fingerprint density at radius 3 is 1.29 bits per heavy atom. The van der Waals surface area contributed by atoms with Gasteiger partial charge in [0, 0.05) is 38.5 Å². The number of carboxylic acids is 2. The summed E-state index contributed by atoms with van der Waals surface area (Å²) in [5.41, 5.74) is 9.29. The molecule has 0 aromatic heterocycles. The normalized spacial score (nSPS) is 26.8. The maximum Gasteiger partial charge on any atom is 0.317 e. The monoisotopic (exact) mass is 484 g/mol. The van der Waals surface area contributed by atoms with E-state index in [1.807, 2.05) is 0 Å². The Labute approximate surface area is 198 Å². The zero-order valence-electron chi connectivity index (χ0n) is 19.4. The minimum absolute atomic E-state index is 0.243. The molecular formula is C22H36N4O8. The van der Waals surface area contributed by atoms with E-state index in [0.29, 0.717) is 12.8 Å². The van der Waals surface area contributed by atoms with Gasteiger partial charge in [-0.3, -0.25) is 29.0 Å². The molecule has 0 aromatic rings. The number of primary amides is 2. The van der Waals surface area contributed by atoms with Crippen molar-refractivity contribution in [2.45, 2.75) is 74.5 Å². The number of rotatable bonds is 10. The van der Waals surface area contributed by atoms with E-state index in [-0.39, 0.29) is 52.1 Å². The first kappa shape index (κ1) is 26.3. The van der Waals surface area contributed by atoms with Crippen LogP contribution in [0, 0.1) is 0 Å². The fourth-order valence-electron chi connectivity index (χ4n) is 6.05. The number of ether oxygens (including phenoxy) is 2. The molecule has 12 nitrogen and oxygen atoms in total. The van der Waals surface area contributed by atoms with Crippen molar-refractivity contribution in [1.29, 1.82) is 0 Å². The molecule has 2 atom stereocenters. The smallest absolute Gasteiger partial charge is 0.317 e. The van der Waals surface area contributed by atoms with E-state index in [0.717, 1.165) is 12.8 Å². The van der Waals surface area contributed by atoms with Crippen LogP contribution < -0.4 is 11.5 Å². The summed E-state index contributed by atoms with van der Waals surface area (Å²) < 4.78 is 10.9. The van der Waals surface area contributed by atoms with Gasteiger partial charge in [0.1, 0.15) is 11.1 Å². The van der Waals surface area contributed by atoms with E-state index < -0.39 is 60.0 Å². The van der Waals surface area contributed by atoms with Gasteiger partial charge in [0.2, 0.25) is 11.8 Å². The molecule has 2 saturated heterocycles. The van der Waals surface area contributed by atoms with Crippen LogP contribution in [0.2, 0.25) is 0 Å². The highest BCUT2D eigenvalue weighted by atomic mass is 16.5. The van der Waals surface area contributed by atoms with Crippen LogP contribution in [0.3, 0.4) is 0 Å². The Kier molecular flexibility index (Phi) is 8.50. The van der Waals surface area contributed by atoms with Crippen molar-refractivity contribution in [3.05, 3.63) is 0 Å². The highest BCUT2D eigenvalue weighted by molar-refractivity contribution is 5.86. The molecule has 1 aliphatic carbocycles. The van der Waals surface area contributed by atoms with E-state index >= 15 is 0 Å². The first-order chi connectivity index (χ1) is 16.1. The van der Waals surface area contributed by atoms with Gasteiger partial charge < -0.3 is 31.2 Å². The molecule has 2 heterocycles. The first-order valence-electron chi connectivity index (χ1n) is 11.9. The van der Waals surface area contributed by atoms with Gasteiger partial charge in [0.25, 0.3) is 0 Å². The second-order valence-corrected chi connectivity index (χ2v) is 9.48. The Balaban J connectivity index is 2.09. The van der Waals surface area contributed by atoms with Crippen molar-refractivity contribution >= 4 is 23.8 Å². The summed E-state index contributed by atoms with van der Waals surface area (Å²) in [5, 5.41) is 19.6. The average Bonchev–Trinajstić information content (AvgIpc) is 2.81. The van der Waals surface area contributed by atoms with Crippen molar-refractivity contribution in [1.82, 2.24) is 9.80 Å². The Morgan fingerprint density at radius 2 is 1.03 bits per heavy atom. The molecule has 192 valence electrons. The molecule has 0 unspecified atom stereocenters. The maximum atomic E-state index is 12.8. The molecule has 0 bridgehead atoms. The van der Waals surface area contributed by atoms with E-state index in [1.165, 1.54) is 0 Å². The topological polar surface area (TPSA) is 186 Å². The number of amides is 2. The number of hydrogen-bond acceptors (Lipinski definition) is 8. The Morgan fingerprint density at radius 1 is 0.706 bits per heavy atom. The Bertz CT molecular complexity index is 715. The molecule has 3 aliphatic rings. The molecule has 12 heteroatoms. The lowest BCUT2D eigenvalue weighted by molar-refractivity contribution is -0.163. The summed E-state index contributed by atoms with van der Waals surface area (Å²) in [6.45, 7) is 0.181. The van der Waals surface area contributed by atoms with Crippen LogP contribution in [-0.2, 0) is 28.7 Å². The molecule has 0 radical (unpaired) electrons. The summed E-state index contributed by atoms with van der Waals surface area (Å²) in [6, 6.07) is -1.01. The van der Waals surface area contributed by atoms with Gasteiger partial charge >= 0.3 is 11.9 Å². The number of hydrogen-bond donors (Lipinski definition) is 4. The van der Waals surface area contributed by atoms with Gasteiger partial charge in [0.15, 0.2) is 0 Å². The minimum Gasteiger partial charge on any atom is -0.480 e. The number of carbonyl (C=O) groups is 4. The van der Waals surface area contributed by atoms with Crippen molar-refractivity contribution in [2.75, 3.05) is 39.5 Å². The molecule has 2 aliphatic heterocycles. The molecule has 0 spiro atoms. The lowest BCUT2D eigenvalue weighted by Gasteiger charge is -2.55. The van der Waals surface area contributed by atoms with Crippen molar-refractivity contribution < 1.29 is 38.9 Å². The highest BCUT2D eigenvalue weighted by Gasteiger charge is 2.54. The van der Waals surface area contributed by atoms with Crippen LogP contribution in [0.4, 0.5) is 0 Å². The fraction of sp³-hybridized carbons (Fsp3) is 0.818. The van der Waals surface area contributed by atoms with Crippen molar-refractivity contribution in [2.24, 2.45) is 11.5 Å². The number of nitrogens with zero attached hydrogens (tertiary/aromatic N) is 2. The first-order valence-corrected chi connectivity index (χ1v) is 11.9. The SMILES string of the molecule is NC(=O)C1(N(CC(=O)O)[C@@H]2CCCC[C@H]2N(CC(=O)O)C2(C(N)=O)CCOCC2)CCOCC1. The number of carbonyl (C=O) groups excluding carboxylic acids is 2. The lowest BCUT2D eigenvalue weighted by atomic mass is 9.77. The molecule has 6 N–H and O–H groups in total. The third-order valence-electron chi connectivity index (χ3n) is 7.76. The average molecular weight is 485 g/mol. The van der Waals surface area contributed by atoms with Crippen LogP contribution in [0.25, 0.3) is 0 Å². The van der Waals surface area contributed by atoms with Gasteiger partial charge in [-0.25, -0.2) is 0 Å². The van der Waals surface area contributed by atoms with Crippen molar-refractivity contribution in [3.63, 3.8) is 0 Å². The van der Waals surface area contributed by atoms with Crippen molar-refractivity contribution in [3.8, 4) is 0 Å². The molecule has 34 heavy (non-hydrogen) atoms. The second-order valence-electron chi connectivity index (χ2n) is 9.48. The molecule has 1 saturated carbocycles. The Hall–Kier alpha value is -2.28. The van der Waals surface area contributed by atoms with Gasteiger partial charge in [0.05, 0.1) is 13.1 Å². The minimum atomic E-state index is -1.23. The zero-order chi connectivity index (χ0) is 24.9. The van der Waals surface area contributed by atoms with E-state index in [1.54, 1.807) is 9.80 Å². The van der Waals surface area contributed by atoms with Gasteiger partial charge in [-0.15, -0.1) is 0 Å². The molecule has 0 aromatic carbocycles. The zero-order valence-corrected chi connectivity index (χ0v) is 19.4. The number of nitrogens with two attached hydrogens (primary N) is 2. The summed E-state index contributed by atoms with van der Waals surface area (Å²) in [7, 11) is 0. The second kappa shape index (κ2) is 11.0. The number of carboxylic acid groups (broad SMARTS) is 2.